The van der Waals surface area contributed by atoms with Crippen LogP contribution in [0.25, 0.3) is 0 Å². The third-order valence-electron chi connectivity index (χ3n) is 3.10. The molecule has 2 rings (SSSR count). The van der Waals surface area contributed by atoms with Crippen LogP contribution in [0, 0.1) is 0 Å². The molecule has 0 saturated carbocycles. The van der Waals surface area contributed by atoms with Crippen molar-refractivity contribution in [3.8, 4) is 11.5 Å². The fourth-order valence-corrected chi connectivity index (χ4v) is 2.78. The molecule has 0 aliphatic carbocycles. The van der Waals surface area contributed by atoms with Crippen molar-refractivity contribution in [2.45, 2.75) is 0 Å². The lowest BCUT2D eigenvalue weighted by molar-refractivity contribution is 0.0844. The molecule has 0 heterocycles. The first kappa shape index (κ1) is 18.3. The Morgan fingerprint density at radius 1 is 0.917 bits per heavy atom. The Hall–Kier alpha value is -2.06. The van der Waals surface area contributed by atoms with E-state index < -0.39 is 11.8 Å². The lowest BCUT2D eigenvalue weighted by atomic mass is 10.2. The smallest absolute Gasteiger partial charge is 0.273 e. The lowest BCUT2D eigenvalue weighted by Crippen LogP contribution is -2.41. The highest BCUT2D eigenvalue weighted by atomic mass is 79.9. The van der Waals surface area contributed by atoms with Gasteiger partial charge in [0.15, 0.2) is 0 Å². The van der Waals surface area contributed by atoms with Crippen molar-refractivity contribution in [1.29, 1.82) is 0 Å². The molecule has 0 aliphatic rings. The molecule has 0 unspecified atom stereocenters. The van der Waals surface area contributed by atoms with Crippen LogP contribution in [-0.4, -0.2) is 26.0 Å². The first-order valence-corrected chi connectivity index (χ1v) is 8.32. The molecule has 0 fully saturated rings. The standard InChI is InChI=1S/C16H14Br2N2O4/c1-23-11-7-12(14(24-2)13(18)8-11)16(22)20-19-15(21)9-3-5-10(17)6-4-9/h3-8H,1-2H3,(H,19,21)(H,20,22). The quantitative estimate of drug-likeness (QED) is 0.690. The first-order valence-electron chi connectivity index (χ1n) is 6.74. The van der Waals surface area contributed by atoms with E-state index >= 15 is 0 Å². The van der Waals surface area contributed by atoms with E-state index in [1.54, 1.807) is 30.3 Å². The summed E-state index contributed by atoms with van der Waals surface area (Å²) in [5.74, 6) is -0.146. The number of rotatable bonds is 4. The molecule has 6 nitrogen and oxygen atoms in total. The van der Waals surface area contributed by atoms with Crippen molar-refractivity contribution in [3.05, 3.63) is 56.5 Å². The Bertz CT molecular complexity index is 763. The van der Waals surface area contributed by atoms with Gasteiger partial charge in [-0.2, -0.15) is 0 Å². The SMILES string of the molecule is COc1cc(Br)c(OC)c(C(=O)NNC(=O)c2ccc(Br)cc2)c1. The zero-order chi connectivity index (χ0) is 17.7. The molecule has 24 heavy (non-hydrogen) atoms. The number of halogens is 2. The first-order chi connectivity index (χ1) is 11.5. The topological polar surface area (TPSA) is 76.7 Å². The van der Waals surface area contributed by atoms with Crippen molar-refractivity contribution < 1.29 is 19.1 Å². The molecule has 0 spiro atoms. The number of benzene rings is 2. The molecule has 0 aliphatic heterocycles. The van der Waals surface area contributed by atoms with Crippen LogP contribution in [0.1, 0.15) is 20.7 Å². The number of nitrogens with one attached hydrogen (secondary N) is 2. The molecule has 2 aromatic carbocycles. The Balaban J connectivity index is 2.13. The predicted octanol–water partition coefficient (Wildman–Crippen LogP) is 3.30. The van der Waals surface area contributed by atoms with Gasteiger partial charge in [0.05, 0.1) is 24.3 Å². The molecule has 0 atom stereocenters. The van der Waals surface area contributed by atoms with E-state index in [0.717, 1.165) is 4.47 Å². The van der Waals surface area contributed by atoms with E-state index in [1.807, 2.05) is 0 Å². The zero-order valence-electron chi connectivity index (χ0n) is 12.9. The number of hydrogen-bond donors (Lipinski definition) is 2. The maximum absolute atomic E-state index is 12.3. The number of methoxy groups -OCH3 is 2. The number of amides is 2. The Morgan fingerprint density at radius 2 is 1.54 bits per heavy atom. The minimum Gasteiger partial charge on any atom is -0.497 e. The highest BCUT2D eigenvalue weighted by molar-refractivity contribution is 9.10. The van der Waals surface area contributed by atoms with Crippen molar-refractivity contribution in [2.75, 3.05) is 14.2 Å². The largest absolute Gasteiger partial charge is 0.497 e. The summed E-state index contributed by atoms with van der Waals surface area (Å²) >= 11 is 6.61. The van der Waals surface area contributed by atoms with Gasteiger partial charge in [0, 0.05) is 10.0 Å². The highest BCUT2D eigenvalue weighted by Gasteiger charge is 2.18. The van der Waals surface area contributed by atoms with Crippen LogP contribution in [0.5, 0.6) is 11.5 Å². The summed E-state index contributed by atoms with van der Waals surface area (Å²) in [6.07, 6.45) is 0. The van der Waals surface area contributed by atoms with Crippen LogP contribution in [0.2, 0.25) is 0 Å². The van der Waals surface area contributed by atoms with Crippen molar-refractivity contribution in [3.63, 3.8) is 0 Å². The van der Waals surface area contributed by atoms with Gasteiger partial charge in [0.2, 0.25) is 0 Å². The highest BCUT2D eigenvalue weighted by Crippen LogP contribution is 2.33. The van der Waals surface area contributed by atoms with Gasteiger partial charge in [-0.25, -0.2) is 0 Å². The summed E-state index contributed by atoms with van der Waals surface area (Å²) in [5.41, 5.74) is 5.35. The molecule has 2 aromatic rings. The van der Waals surface area contributed by atoms with Crippen molar-refractivity contribution >= 4 is 43.7 Å². The molecule has 2 N–H and O–H groups in total. The molecular weight excluding hydrogens is 444 g/mol. The second kappa shape index (κ2) is 8.16. The van der Waals surface area contributed by atoms with Gasteiger partial charge in [-0.3, -0.25) is 20.4 Å². The third kappa shape index (κ3) is 4.27. The average Bonchev–Trinajstić information content (AvgIpc) is 2.59. The molecule has 8 heteroatoms. The summed E-state index contributed by atoms with van der Waals surface area (Å²) in [6.45, 7) is 0. The summed E-state index contributed by atoms with van der Waals surface area (Å²) in [5, 5.41) is 0. The normalized spacial score (nSPS) is 10.0. The Kier molecular flexibility index (Phi) is 6.22. The van der Waals surface area contributed by atoms with Crippen molar-refractivity contribution in [2.24, 2.45) is 0 Å². The summed E-state index contributed by atoms with van der Waals surface area (Å²) in [6, 6.07) is 9.93. The number of hydrazine groups is 1. The molecule has 2 amide bonds. The van der Waals surface area contributed by atoms with E-state index in [0.29, 0.717) is 21.5 Å². The molecule has 126 valence electrons. The monoisotopic (exact) mass is 456 g/mol. The Labute approximate surface area is 155 Å². The van der Waals surface area contributed by atoms with E-state index in [-0.39, 0.29) is 5.56 Å². The molecule has 0 saturated heterocycles. The summed E-state index contributed by atoms with van der Waals surface area (Å²) < 4.78 is 11.8. The third-order valence-corrected chi connectivity index (χ3v) is 4.22. The van der Waals surface area contributed by atoms with E-state index in [9.17, 15) is 9.59 Å². The van der Waals surface area contributed by atoms with Crippen LogP contribution < -0.4 is 20.3 Å². The van der Waals surface area contributed by atoms with Gasteiger partial charge in [-0.1, -0.05) is 15.9 Å². The zero-order valence-corrected chi connectivity index (χ0v) is 16.0. The predicted molar refractivity (Wildman–Crippen MR) is 96.3 cm³/mol. The van der Waals surface area contributed by atoms with Crippen molar-refractivity contribution in [1.82, 2.24) is 10.9 Å². The lowest BCUT2D eigenvalue weighted by Gasteiger charge is -2.13. The minimum atomic E-state index is -0.531. The second-order valence-electron chi connectivity index (χ2n) is 4.61. The van der Waals surface area contributed by atoms with Gasteiger partial charge in [0.25, 0.3) is 11.8 Å². The second-order valence-corrected chi connectivity index (χ2v) is 6.38. The number of carbonyl (C=O) groups excluding carboxylic acids is 2. The van der Waals surface area contributed by atoms with E-state index in [2.05, 4.69) is 42.7 Å². The van der Waals surface area contributed by atoms with Crippen LogP contribution in [0.3, 0.4) is 0 Å². The van der Waals surface area contributed by atoms with E-state index in [1.165, 1.54) is 20.3 Å². The molecule has 0 bridgehead atoms. The van der Waals surface area contributed by atoms with Gasteiger partial charge in [0.1, 0.15) is 11.5 Å². The maximum atomic E-state index is 12.3. The minimum absolute atomic E-state index is 0.222. The van der Waals surface area contributed by atoms with Gasteiger partial charge >= 0.3 is 0 Å². The summed E-state index contributed by atoms with van der Waals surface area (Å²) in [7, 11) is 2.94. The van der Waals surface area contributed by atoms with Crippen LogP contribution in [0.4, 0.5) is 0 Å². The molecule has 0 aromatic heterocycles. The fraction of sp³-hybridized carbons (Fsp3) is 0.125. The van der Waals surface area contributed by atoms with Gasteiger partial charge < -0.3 is 9.47 Å². The summed E-state index contributed by atoms with van der Waals surface area (Å²) in [4.78, 5) is 24.4. The average molecular weight is 458 g/mol. The van der Waals surface area contributed by atoms with Crippen LogP contribution >= 0.6 is 31.9 Å². The fourth-order valence-electron chi connectivity index (χ4n) is 1.92. The van der Waals surface area contributed by atoms with E-state index in [4.69, 9.17) is 9.47 Å². The number of carbonyl (C=O) groups is 2. The Morgan fingerprint density at radius 3 is 2.12 bits per heavy atom. The van der Waals surface area contributed by atoms with Crippen LogP contribution in [0.15, 0.2) is 45.3 Å². The van der Waals surface area contributed by atoms with Gasteiger partial charge in [-0.05, 0) is 52.3 Å². The number of hydrogen-bond acceptors (Lipinski definition) is 4. The molecule has 0 radical (unpaired) electrons. The maximum Gasteiger partial charge on any atom is 0.273 e. The van der Waals surface area contributed by atoms with Gasteiger partial charge in [-0.15, -0.1) is 0 Å². The molecular formula is C16H14Br2N2O4. The van der Waals surface area contributed by atoms with Crippen LogP contribution in [-0.2, 0) is 0 Å². The number of ether oxygens (including phenoxy) is 2.